The molecule has 196 valence electrons. The average molecular weight is 536 g/mol. The van der Waals surface area contributed by atoms with Crippen LogP contribution in [-0.4, -0.2) is 67.4 Å². The Morgan fingerprint density at radius 1 is 0.889 bits per heavy atom. The van der Waals surface area contributed by atoms with Crippen molar-refractivity contribution in [3.05, 3.63) is 65.7 Å². The Balaban J connectivity index is 1.86. The molecular weight excluding hydrogens is 500 g/mol. The summed E-state index contributed by atoms with van der Waals surface area (Å²) in [6.07, 6.45) is 6.36. The minimum atomic E-state index is -4.23. The molecule has 0 unspecified atom stereocenters. The van der Waals surface area contributed by atoms with Gasteiger partial charge in [0.15, 0.2) is 5.71 Å². The molecule has 0 aliphatic carbocycles. The molecule has 2 N–H and O–H groups in total. The van der Waals surface area contributed by atoms with Crippen LogP contribution in [0.25, 0.3) is 6.08 Å². The van der Waals surface area contributed by atoms with Gasteiger partial charge in [0.2, 0.25) is 5.69 Å². The van der Waals surface area contributed by atoms with Crippen molar-refractivity contribution < 1.29 is 30.5 Å². The van der Waals surface area contributed by atoms with Crippen molar-refractivity contribution in [2.45, 2.75) is 39.0 Å². The van der Waals surface area contributed by atoms with E-state index in [-0.39, 0.29) is 18.5 Å². The summed E-state index contributed by atoms with van der Waals surface area (Å²) in [6, 6.07) is 15.7. The number of rotatable bonds is 12. The number of anilines is 1. The molecule has 0 aromatic heterocycles. The zero-order chi connectivity index (χ0) is 26.6. The van der Waals surface area contributed by atoms with Gasteiger partial charge >= 0.3 is 0 Å². The normalized spacial score (nSPS) is 15.5. The Hall–Kier alpha value is -2.53. The minimum absolute atomic E-state index is 0.111. The summed E-state index contributed by atoms with van der Waals surface area (Å²) in [7, 11) is -8.45. The van der Waals surface area contributed by atoms with E-state index in [2.05, 4.69) is 55.7 Å². The molecule has 1 heterocycles. The topological polar surface area (TPSA) is 115 Å². The summed E-state index contributed by atoms with van der Waals surface area (Å²) < 4.78 is 65.4. The van der Waals surface area contributed by atoms with E-state index < -0.39 is 31.7 Å². The van der Waals surface area contributed by atoms with Crippen LogP contribution in [0.5, 0.6) is 0 Å². The number of hydrogen-bond donors (Lipinski definition) is 2. The minimum Gasteiger partial charge on any atom is -0.369 e. The maximum Gasteiger partial charge on any atom is 0.266 e. The molecule has 0 amide bonds. The van der Waals surface area contributed by atoms with Crippen LogP contribution < -0.4 is 4.90 Å². The quantitative estimate of drug-likeness (QED) is 0.310. The van der Waals surface area contributed by atoms with Gasteiger partial charge < -0.3 is 4.90 Å². The Morgan fingerprint density at radius 2 is 1.47 bits per heavy atom. The molecule has 0 spiro atoms. The van der Waals surface area contributed by atoms with Gasteiger partial charge in [0.05, 0.1) is 16.9 Å². The number of para-hydroxylation sites is 1. The third-order valence-corrected chi connectivity index (χ3v) is 7.86. The number of fused-ring (bicyclic) bond motifs is 1. The van der Waals surface area contributed by atoms with Crippen molar-refractivity contribution in [1.29, 1.82) is 0 Å². The van der Waals surface area contributed by atoms with Gasteiger partial charge in [0.1, 0.15) is 6.54 Å². The second-order valence-corrected chi connectivity index (χ2v) is 12.7. The highest BCUT2D eigenvalue weighted by Gasteiger charge is 2.43. The van der Waals surface area contributed by atoms with Crippen molar-refractivity contribution in [3.8, 4) is 0 Å². The molecule has 0 saturated heterocycles. The van der Waals surface area contributed by atoms with Crippen molar-refractivity contribution in [3.63, 3.8) is 0 Å². The molecule has 2 aromatic carbocycles. The van der Waals surface area contributed by atoms with Gasteiger partial charge in [-0.3, -0.25) is 9.11 Å². The number of nitrogens with zero attached hydrogens (tertiary/aromatic N) is 2. The summed E-state index contributed by atoms with van der Waals surface area (Å²) in [5, 5.41) is 0. The van der Waals surface area contributed by atoms with E-state index in [9.17, 15) is 16.8 Å². The fourth-order valence-corrected chi connectivity index (χ4v) is 5.39. The Morgan fingerprint density at radius 3 is 2.03 bits per heavy atom. The molecule has 0 fully saturated rings. The van der Waals surface area contributed by atoms with Gasteiger partial charge in [0.25, 0.3) is 20.2 Å². The summed E-state index contributed by atoms with van der Waals surface area (Å²) in [5.41, 5.74) is 5.11. The van der Waals surface area contributed by atoms with Gasteiger partial charge in [-0.15, -0.1) is 0 Å². The highest BCUT2D eigenvalue weighted by atomic mass is 32.2. The predicted molar refractivity (Wildman–Crippen MR) is 145 cm³/mol. The Labute approximate surface area is 214 Å². The summed E-state index contributed by atoms with van der Waals surface area (Å²) in [6.45, 7) is 7.35. The molecule has 36 heavy (non-hydrogen) atoms. The number of hydrogen-bond acceptors (Lipinski definition) is 5. The third-order valence-electron chi connectivity index (χ3n) is 6.46. The van der Waals surface area contributed by atoms with Crippen molar-refractivity contribution in [2.24, 2.45) is 0 Å². The summed E-state index contributed by atoms with van der Waals surface area (Å²) >= 11 is 0. The van der Waals surface area contributed by atoms with Gasteiger partial charge in [-0.25, -0.2) is 0 Å². The van der Waals surface area contributed by atoms with Crippen LogP contribution in [0.2, 0.25) is 0 Å². The van der Waals surface area contributed by atoms with E-state index in [0.29, 0.717) is 5.69 Å². The molecule has 1 aliphatic heterocycles. The summed E-state index contributed by atoms with van der Waals surface area (Å²) in [4.78, 5) is 1.51. The van der Waals surface area contributed by atoms with E-state index in [1.165, 1.54) is 21.9 Å². The predicted octanol–water partition coefficient (Wildman–Crippen LogP) is 4.16. The second kappa shape index (κ2) is 11.2. The maximum absolute atomic E-state index is 11.2. The highest BCUT2D eigenvalue weighted by Crippen LogP contribution is 2.40. The number of benzene rings is 2. The van der Waals surface area contributed by atoms with Crippen LogP contribution >= 0.6 is 0 Å². The second-order valence-electron chi connectivity index (χ2n) is 9.52. The smallest absolute Gasteiger partial charge is 0.266 e. The Kier molecular flexibility index (Phi) is 8.76. The first-order valence-electron chi connectivity index (χ1n) is 12.0. The van der Waals surface area contributed by atoms with E-state index in [1.54, 1.807) is 12.1 Å². The Bertz CT molecular complexity index is 1310. The zero-order valence-corrected chi connectivity index (χ0v) is 22.6. The van der Waals surface area contributed by atoms with Crippen LogP contribution in [0, 0.1) is 0 Å². The lowest BCUT2D eigenvalue weighted by Gasteiger charge is -2.24. The van der Waals surface area contributed by atoms with Gasteiger partial charge in [-0.2, -0.15) is 21.4 Å². The van der Waals surface area contributed by atoms with Crippen molar-refractivity contribution in [1.82, 2.24) is 0 Å². The van der Waals surface area contributed by atoms with E-state index in [4.69, 9.17) is 9.11 Å². The fourth-order valence-electron chi connectivity index (χ4n) is 4.49. The highest BCUT2D eigenvalue weighted by molar-refractivity contribution is 7.86. The SMILES string of the molecule is CCCC[N+]1=C(C=Cc2ccc(N(CCS(=O)(=O)O)CCS(=O)(=O)O)cc2)C(C)(C)c2ccccc21. The monoisotopic (exact) mass is 535 g/mol. The van der Waals surface area contributed by atoms with Crippen LogP contribution in [0.3, 0.4) is 0 Å². The van der Waals surface area contributed by atoms with Gasteiger partial charge in [-0.1, -0.05) is 43.7 Å². The van der Waals surface area contributed by atoms with Gasteiger partial charge in [0, 0.05) is 42.9 Å². The van der Waals surface area contributed by atoms with E-state index >= 15 is 0 Å². The lowest BCUT2D eigenvalue weighted by molar-refractivity contribution is -0.438. The van der Waals surface area contributed by atoms with E-state index in [0.717, 1.165) is 24.9 Å². The maximum atomic E-state index is 11.2. The average Bonchev–Trinajstić information content (AvgIpc) is 3.01. The summed E-state index contributed by atoms with van der Waals surface area (Å²) in [5.74, 6) is -1.11. The molecule has 2 aromatic rings. The molecule has 0 bridgehead atoms. The molecule has 10 heteroatoms. The first-order chi connectivity index (χ1) is 16.8. The number of unbranched alkanes of at least 4 members (excludes halogenated alkanes) is 1. The fraction of sp³-hybridized carbons (Fsp3) is 0.423. The van der Waals surface area contributed by atoms with Crippen LogP contribution in [0.4, 0.5) is 11.4 Å². The van der Waals surface area contributed by atoms with Gasteiger partial charge in [-0.05, 0) is 37.6 Å². The first-order valence-corrected chi connectivity index (χ1v) is 15.2. The standard InChI is InChI=1S/C26H34N2O6S2/c1-4-5-16-28-24-9-7-6-8-23(24)26(2,3)25(28)15-12-21-10-13-22(14-11-21)27(17-19-35(29,30)31)18-20-36(32,33)34/h6-15H,4-5,16-20H2,1-3H3,(H-,29,30,31,32,33,34)/p+1. The molecule has 0 saturated carbocycles. The van der Waals surface area contributed by atoms with Crippen LogP contribution in [0.1, 0.15) is 44.7 Å². The zero-order valence-electron chi connectivity index (χ0n) is 21.0. The first kappa shape index (κ1) is 28.0. The largest absolute Gasteiger partial charge is 0.369 e. The van der Waals surface area contributed by atoms with Crippen LogP contribution in [0.15, 0.2) is 54.6 Å². The van der Waals surface area contributed by atoms with Crippen LogP contribution in [-0.2, 0) is 25.7 Å². The third kappa shape index (κ3) is 7.25. The molecular formula is C26H35N2O6S2+. The molecule has 1 aliphatic rings. The molecule has 0 radical (unpaired) electrons. The number of allylic oxidation sites excluding steroid dienone is 1. The lowest BCUT2D eigenvalue weighted by Crippen LogP contribution is -2.33. The lowest BCUT2D eigenvalue weighted by atomic mass is 9.81. The molecule has 0 atom stereocenters. The molecule has 3 rings (SSSR count). The molecule has 8 nitrogen and oxygen atoms in total. The van der Waals surface area contributed by atoms with E-state index in [1.807, 2.05) is 18.2 Å². The van der Waals surface area contributed by atoms with Crippen molar-refractivity contribution >= 4 is 43.4 Å². The van der Waals surface area contributed by atoms with Crippen molar-refractivity contribution in [2.75, 3.05) is 36.0 Å².